The minimum absolute atomic E-state index is 0.143. The SMILES string of the molecule is CNc1ccc(Cl)cc1C(=O)NCc1ccccc1. The number of carbonyl (C=O) groups excluding carboxylic acids is 1. The van der Waals surface area contributed by atoms with Gasteiger partial charge in [-0.15, -0.1) is 0 Å². The Morgan fingerprint density at radius 3 is 2.58 bits per heavy atom. The van der Waals surface area contributed by atoms with Crippen LogP contribution in [-0.4, -0.2) is 13.0 Å². The third kappa shape index (κ3) is 3.48. The summed E-state index contributed by atoms with van der Waals surface area (Å²) in [5.74, 6) is -0.143. The Morgan fingerprint density at radius 1 is 1.16 bits per heavy atom. The van der Waals surface area contributed by atoms with Crippen molar-refractivity contribution in [3.63, 3.8) is 0 Å². The fourth-order valence-corrected chi connectivity index (χ4v) is 1.97. The van der Waals surface area contributed by atoms with Gasteiger partial charge in [-0.05, 0) is 23.8 Å². The van der Waals surface area contributed by atoms with Gasteiger partial charge in [0, 0.05) is 24.3 Å². The first-order valence-electron chi connectivity index (χ1n) is 6.00. The van der Waals surface area contributed by atoms with E-state index in [1.165, 1.54) is 0 Å². The number of benzene rings is 2. The molecular formula is C15H15ClN2O. The molecule has 2 aromatic rings. The van der Waals surface area contributed by atoms with E-state index >= 15 is 0 Å². The summed E-state index contributed by atoms with van der Waals surface area (Å²) in [7, 11) is 1.78. The quantitative estimate of drug-likeness (QED) is 0.898. The fourth-order valence-electron chi connectivity index (χ4n) is 1.80. The molecule has 0 aliphatic heterocycles. The van der Waals surface area contributed by atoms with E-state index < -0.39 is 0 Å². The molecule has 0 spiro atoms. The second-order valence-electron chi connectivity index (χ2n) is 4.11. The van der Waals surface area contributed by atoms with Crippen LogP contribution in [0.25, 0.3) is 0 Å². The van der Waals surface area contributed by atoms with Gasteiger partial charge >= 0.3 is 0 Å². The summed E-state index contributed by atoms with van der Waals surface area (Å²) in [5, 5.41) is 6.41. The Bertz CT molecular complexity index is 570. The highest BCUT2D eigenvalue weighted by Gasteiger charge is 2.10. The molecule has 0 bridgehead atoms. The molecule has 1 amide bonds. The van der Waals surface area contributed by atoms with E-state index in [2.05, 4.69) is 10.6 Å². The van der Waals surface area contributed by atoms with Crippen molar-refractivity contribution >= 4 is 23.2 Å². The van der Waals surface area contributed by atoms with Crippen LogP contribution in [0.5, 0.6) is 0 Å². The van der Waals surface area contributed by atoms with E-state index in [0.29, 0.717) is 17.1 Å². The van der Waals surface area contributed by atoms with Crippen LogP contribution in [0.1, 0.15) is 15.9 Å². The average molecular weight is 275 g/mol. The Labute approximate surface area is 117 Å². The van der Waals surface area contributed by atoms with E-state index in [0.717, 1.165) is 11.3 Å². The Morgan fingerprint density at radius 2 is 1.89 bits per heavy atom. The third-order valence-electron chi connectivity index (χ3n) is 2.79. The molecule has 2 N–H and O–H groups in total. The molecular weight excluding hydrogens is 260 g/mol. The highest BCUT2D eigenvalue weighted by atomic mass is 35.5. The Balaban J connectivity index is 2.10. The standard InChI is InChI=1S/C15H15ClN2O/c1-17-14-8-7-12(16)9-13(14)15(19)18-10-11-5-3-2-4-6-11/h2-9,17H,10H2,1H3,(H,18,19). The summed E-state index contributed by atoms with van der Waals surface area (Å²) in [6, 6.07) is 15.0. The fraction of sp³-hybridized carbons (Fsp3) is 0.133. The molecule has 0 aliphatic carbocycles. The number of amides is 1. The summed E-state index contributed by atoms with van der Waals surface area (Å²) in [5.41, 5.74) is 2.37. The summed E-state index contributed by atoms with van der Waals surface area (Å²) >= 11 is 5.93. The van der Waals surface area contributed by atoms with E-state index in [-0.39, 0.29) is 5.91 Å². The van der Waals surface area contributed by atoms with E-state index in [1.807, 2.05) is 30.3 Å². The lowest BCUT2D eigenvalue weighted by Gasteiger charge is -2.10. The van der Waals surface area contributed by atoms with Gasteiger partial charge in [-0.25, -0.2) is 0 Å². The van der Waals surface area contributed by atoms with Gasteiger partial charge in [0.25, 0.3) is 5.91 Å². The molecule has 0 aromatic heterocycles. The van der Waals surface area contributed by atoms with E-state index in [1.54, 1.807) is 25.2 Å². The molecule has 0 aliphatic rings. The van der Waals surface area contributed by atoms with Crippen molar-refractivity contribution in [2.45, 2.75) is 6.54 Å². The van der Waals surface area contributed by atoms with E-state index in [4.69, 9.17) is 11.6 Å². The van der Waals surface area contributed by atoms with Crippen molar-refractivity contribution in [1.29, 1.82) is 0 Å². The summed E-state index contributed by atoms with van der Waals surface area (Å²) < 4.78 is 0. The largest absolute Gasteiger partial charge is 0.387 e. The minimum atomic E-state index is -0.143. The molecule has 2 rings (SSSR count). The lowest BCUT2D eigenvalue weighted by Crippen LogP contribution is -2.23. The minimum Gasteiger partial charge on any atom is -0.387 e. The number of carbonyl (C=O) groups is 1. The van der Waals surface area contributed by atoms with Crippen LogP contribution < -0.4 is 10.6 Å². The number of hydrogen-bond acceptors (Lipinski definition) is 2. The zero-order valence-electron chi connectivity index (χ0n) is 10.6. The maximum absolute atomic E-state index is 12.1. The van der Waals surface area contributed by atoms with Gasteiger partial charge in [-0.3, -0.25) is 4.79 Å². The molecule has 3 nitrogen and oxygen atoms in total. The van der Waals surface area contributed by atoms with Gasteiger partial charge in [0.15, 0.2) is 0 Å². The van der Waals surface area contributed by atoms with Crippen LogP contribution in [0.2, 0.25) is 5.02 Å². The zero-order chi connectivity index (χ0) is 13.7. The molecule has 0 unspecified atom stereocenters. The van der Waals surface area contributed by atoms with Crippen LogP contribution in [0.4, 0.5) is 5.69 Å². The van der Waals surface area contributed by atoms with Crippen LogP contribution in [-0.2, 0) is 6.54 Å². The Kier molecular flexibility index (Phi) is 4.42. The number of anilines is 1. The predicted octanol–water partition coefficient (Wildman–Crippen LogP) is 3.31. The van der Waals surface area contributed by atoms with Gasteiger partial charge in [0.2, 0.25) is 0 Å². The monoisotopic (exact) mass is 274 g/mol. The number of rotatable bonds is 4. The van der Waals surface area contributed by atoms with Crippen molar-refractivity contribution in [1.82, 2.24) is 5.32 Å². The molecule has 2 aromatic carbocycles. The maximum atomic E-state index is 12.1. The van der Waals surface area contributed by atoms with Crippen LogP contribution >= 0.6 is 11.6 Å². The lowest BCUT2D eigenvalue weighted by atomic mass is 10.1. The predicted molar refractivity (Wildman–Crippen MR) is 78.6 cm³/mol. The average Bonchev–Trinajstić information content (AvgIpc) is 2.46. The molecule has 19 heavy (non-hydrogen) atoms. The maximum Gasteiger partial charge on any atom is 0.253 e. The summed E-state index contributed by atoms with van der Waals surface area (Å²) in [4.78, 5) is 12.1. The molecule has 4 heteroatoms. The Hall–Kier alpha value is -2.00. The first-order valence-corrected chi connectivity index (χ1v) is 6.38. The lowest BCUT2D eigenvalue weighted by molar-refractivity contribution is 0.0951. The van der Waals surface area contributed by atoms with Crippen LogP contribution in [0, 0.1) is 0 Å². The first kappa shape index (κ1) is 13.4. The van der Waals surface area contributed by atoms with Gasteiger partial charge in [0.05, 0.1) is 5.56 Å². The summed E-state index contributed by atoms with van der Waals surface area (Å²) in [6.07, 6.45) is 0. The van der Waals surface area contributed by atoms with Gasteiger partial charge in [-0.2, -0.15) is 0 Å². The number of halogens is 1. The van der Waals surface area contributed by atoms with Gasteiger partial charge in [-0.1, -0.05) is 41.9 Å². The molecule has 0 saturated heterocycles. The second-order valence-corrected chi connectivity index (χ2v) is 4.54. The topological polar surface area (TPSA) is 41.1 Å². The molecule has 98 valence electrons. The normalized spacial score (nSPS) is 10.0. The number of hydrogen-bond donors (Lipinski definition) is 2. The van der Waals surface area contributed by atoms with Crippen molar-refractivity contribution in [2.24, 2.45) is 0 Å². The molecule has 0 fully saturated rings. The van der Waals surface area contributed by atoms with Crippen LogP contribution in [0.3, 0.4) is 0 Å². The van der Waals surface area contributed by atoms with Crippen molar-refractivity contribution in [2.75, 3.05) is 12.4 Å². The van der Waals surface area contributed by atoms with Crippen molar-refractivity contribution < 1.29 is 4.79 Å². The van der Waals surface area contributed by atoms with Crippen molar-refractivity contribution in [3.8, 4) is 0 Å². The zero-order valence-corrected chi connectivity index (χ0v) is 11.4. The third-order valence-corrected chi connectivity index (χ3v) is 3.03. The molecule has 0 heterocycles. The smallest absolute Gasteiger partial charge is 0.253 e. The van der Waals surface area contributed by atoms with Crippen LogP contribution in [0.15, 0.2) is 48.5 Å². The highest BCUT2D eigenvalue weighted by Crippen LogP contribution is 2.20. The van der Waals surface area contributed by atoms with E-state index in [9.17, 15) is 4.79 Å². The van der Waals surface area contributed by atoms with Gasteiger partial charge in [0.1, 0.15) is 0 Å². The van der Waals surface area contributed by atoms with Gasteiger partial charge < -0.3 is 10.6 Å². The van der Waals surface area contributed by atoms with Crippen molar-refractivity contribution in [3.05, 3.63) is 64.7 Å². The first-order chi connectivity index (χ1) is 9.20. The molecule has 0 radical (unpaired) electrons. The summed E-state index contributed by atoms with van der Waals surface area (Å²) in [6.45, 7) is 0.495. The second kappa shape index (κ2) is 6.25. The molecule has 0 saturated carbocycles. The number of nitrogens with one attached hydrogen (secondary N) is 2. The highest BCUT2D eigenvalue weighted by molar-refractivity contribution is 6.31. The molecule has 0 atom stereocenters.